The zero-order chi connectivity index (χ0) is 10.7. The van der Waals surface area contributed by atoms with Gasteiger partial charge >= 0.3 is 5.69 Å². The lowest BCUT2D eigenvalue weighted by Crippen LogP contribution is -2.02. The smallest absolute Gasteiger partial charge is 0.258 e. The maximum Gasteiger partial charge on any atom is 0.327 e. The number of aromatic nitrogens is 2. The Morgan fingerprint density at radius 3 is 2.64 bits per heavy atom. The van der Waals surface area contributed by atoms with E-state index in [0.29, 0.717) is 17.3 Å². The van der Waals surface area contributed by atoms with Gasteiger partial charge in [-0.1, -0.05) is 30.3 Å². The number of thioether (sulfide) groups is 1. The Balaban J connectivity index is 3.34. The highest BCUT2D eigenvalue weighted by Gasteiger charge is 2.21. The van der Waals surface area contributed by atoms with Gasteiger partial charge in [-0.15, -0.1) is 0 Å². The van der Waals surface area contributed by atoms with Gasteiger partial charge in [-0.25, -0.2) is 9.97 Å². The molecule has 1 aromatic rings. The molecule has 0 atom stereocenters. The quantitative estimate of drug-likeness (QED) is 0.263. The van der Waals surface area contributed by atoms with Crippen molar-refractivity contribution in [2.24, 2.45) is 0 Å². The summed E-state index contributed by atoms with van der Waals surface area (Å²) < 4.78 is 0. The fraction of sp³-hybridized carbons (Fsp3) is 0.429. The third-order valence-electron chi connectivity index (χ3n) is 1.59. The molecule has 0 bridgehead atoms. The Morgan fingerprint density at radius 1 is 1.57 bits per heavy atom. The lowest BCUT2D eigenvalue weighted by molar-refractivity contribution is -0.386. The van der Waals surface area contributed by atoms with Gasteiger partial charge in [0, 0.05) is 0 Å². The van der Waals surface area contributed by atoms with Gasteiger partial charge in [-0.05, 0) is 12.7 Å². The van der Waals surface area contributed by atoms with Crippen molar-refractivity contribution in [2.45, 2.75) is 18.5 Å². The van der Waals surface area contributed by atoms with Crippen molar-refractivity contribution in [3.63, 3.8) is 0 Å². The molecular weight excluding hydrogens is 226 g/mol. The first-order chi connectivity index (χ1) is 6.60. The van der Waals surface area contributed by atoms with E-state index in [1.807, 2.05) is 0 Å². The normalized spacial score (nSPS) is 10.2. The Kier molecular flexibility index (Phi) is 3.65. The second kappa shape index (κ2) is 4.56. The van der Waals surface area contributed by atoms with E-state index in [-0.39, 0.29) is 10.8 Å². The molecule has 5 nitrogen and oxygen atoms in total. The Morgan fingerprint density at radius 2 is 2.21 bits per heavy atom. The second-order valence-corrected chi connectivity index (χ2v) is 3.54. The minimum atomic E-state index is -0.550. The van der Waals surface area contributed by atoms with Gasteiger partial charge < -0.3 is 0 Å². The molecule has 0 fully saturated rings. The fourth-order valence-electron chi connectivity index (χ4n) is 0.968. The molecule has 0 saturated heterocycles. The third-order valence-corrected chi connectivity index (χ3v) is 2.40. The summed E-state index contributed by atoms with van der Waals surface area (Å²) >= 11 is 6.98. The number of rotatable bonds is 3. The summed E-state index contributed by atoms with van der Waals surface area (Å²) in [4.78, 5) is 17.9. The van der Waals surface area contributed by atoms with Crippen LogP contribution < -0.4 is 0 Å². The number of aryl methyl sites for hydroxylation is 1. The first-order valence-corrected chi connectivity index (χ1v) is 5.45. The molecule has 1 heterocycles. The van der Waals surface area contributed by atoms with Crippen LogP contribution in [0.15, 0.2) is 5.16 Å². The molecule has 0 aliphatic rings. The van der Waals surface area contributed by atoms with Crippen molar-refractivity contribution in [1.29, 1.82) is 0 Å². The summed E-state index contributed by atoms with van der Waals surface area (Å²) in [7, 11) is 0. The molecular formula is C7H8ClN3O2S. The van der Waals surface area contributed by atoms with E-state index in [2.05, 4.69) is 9.97 Å². The van der Waals surface area contributed by atoms with E-state index in [0.717, 1.165) is 0 Å². The van der Waals surface area contributed by atoms with Crippen LogP contribution in [0.5, 0.6) is 0 Å². The zero-order valence-corrected chi connectivity index (χ0v) is 9.22. The molecule has 14 heavy (non-hydrogen) atoms. The molecule has 0 aromatic carbocycles. The number of halogens is 1. The van der Waals surface area contributed by atoms with Crippen molar-refractivity contribution < 1.29 is 4.92 Å². The summed E-state index contributed by atoms with van der Waals surface area (Å²) in [6, 6.07) is 0. The SMILES string of the molecule is CCc1nc(SC)nc(Cl)c1[N+](=O)[O-]. The molecule has 0 aliphatic carbocycles. The van der Waals surface area contributed by atoms with Crippen LogP contribution >= 0.6 is 23.4 Å². The minimum Gasteiger partial charge on any atom is -0.258 e. The van der Waals surface area contributed by atoms with Crippen LogP contribution in [0.4, 0.5) is 5.69 Å². The van der Waals surface area contributed by atoms with Crippen LogP contribution in [-0.2, 0) is 6.42 Å². The van der Waals surface area contributed by atoms with Crippen molar-refractivity contribution in [1.82, 2.24) is 9.97 Å². The van der Waals surface area contributed by atoms with E-state index in [1.54, 1.807) is 13.2 Å². The largest absolute Gasteiger partial charge is 0.327 e. The first-order valence-electron chi connectivity index (χ1n) is 3.85. The van der Waals surface area contributed by atoms with Crippen LogP contribution in [-0.4, -0.2) is 21.1 Å². The minimum absolute atomic E-state index is 0.0915. The average Bonchev–Trinajstić information content (AvgIpc) is 2.15. The predicted octanol–water partition coefficient (Wildman–Crippen LogP) is 2.32. The van der Waals surface area contributed by atoms with Crippen molar-refractivity contribution in [2.75, 3.05) is 6.26 Å². The summed E-state index contributed by atoms with van der Waals surface area (Å²) in [5.41, 5.74) is 0.186. The standard InChI is InChI=1S/C7H8ClN3O2S/c1-3-4-5(11(12)13)6(8)10-7(9-4)14-2/h3H2,1-2H3. The molecule has 1 aromatic heterocycles. The van der Waals surface area contributed by atoms with Gasteiger partial charge in [0.2, 0.25) is 5.15 Å². The second-order valence-electron chi connectivity index (χ2n) is 2.41. The van der Waals surface area contributed by atoms with Crippen LogP contribution in [0, 0.1) is 10.1 Å². The maximum atomic E-state index is 10.6. The van der Waals surface area contributed by atoms with Crippen LogP contribution in [0.3, 0.4) is 0 Å². The summed E-state index contributed by atoms with van der Waals surface area (Å²) in [6.45, 7) is 1.79. The highest BCUT2D eigenvalue weighted by atomic mass is 35.5. The number of nitro groups is 1. The topological polar surface area (TPSA) is 68.9 Å². The third kappa shape index (κ3) is 2.13. The lowest BCUT2D eigenvalue weighted by atomic mass is 10.3. The molecule has 0 radical (unpaired) electrons. The van der Waals surface area contributed by atoms with Crippen LogP contribution in [0.25, 0.3) is 0 Å². The summed E-state index contributed by atoms with van der Waals surface area (Å²) in [6.07, 6.45) is 2.25. The van der Waals surface area contributed by atoms with E-state index in [4.69, 9.17) is 11.6 Å². The van der Waals surface area contributed by atoms with E-state index in [1.165, 1.54) is 11.8 Å². The van der Waals surface area contributed by atoms with Gasteiger partial charge in [-0.2, -0.15) is 0 Å². The van der Waals surface area contributed by atoms with Crippen LogP contribution in [0.2, 0.25) is 5.15 Å². The Hall–Kier alpha value is -0.880. The molecule has 7 heteroatoms. The molecule has 0 amide bonds. The molecule has 76 valence electrons. The van der Waals surface area contributed by atoms with Gasteiger partial charge in [0.1, 0.15) is 5.69 Å². The number of hydrogen-bond donors (Lipinski definition) is 0. The molecule has 0 spiro atoms. The average molecular weight is 234 g/mol. The maximum absolute atomic E-state index is 10.6. The Labute approximate surface area is 90.0 Å². The summed E-state index contributed by atoms with van der Waals surface area (Å²) in [5, 5.41) is 11.0. The first kappa shape index (κ1) is 11.2. The Bertz CT molecular complexity index is 372. The predicted molar refractivity (Wildman–Crippen MR) is 54.9 cm³/mol. The number of hydrogen-bond acceptors (Lipinski definition) is 5. The molecule has 0 N–H and O–H groups in total. The van der Waals surface area contributed by atoms with Gasteiger partial charge in [0.05, 0.1) is 4.92 Å². The monoisotopic (exact) mass is 233 g/mol. The van der Waals surface area contributed by atoms with Crippen molar-refractivity contribution >= 4 is 29.1 Å². The van der Waals surface area contributed by atoms with E-state index in [9.17, 15) is 10.1 Å². The molecule has 0 saturated carbocycles. The van der Waals surface area contributed by atoms with Crippen molar-refractivity contribution in [3.8, 4) is 0 Å². The van der Waals surface area contributed by atoms with Crippen LogP contribution in [0.1, 0.15) is 12.6 Å². The van der Waals surface area contributed by atoms with E-state index >= 15 is 0 Å². The molecule has 1 rings (SSSR count). The lowest BCUT2D eigenvalue weighted by Gasteiger charge is -2.02. The molecule has 0 unspecified atom stereocenters. The van der Waals surface area contributed by atoms with Gasteiger partial charge in [-0.3, -0.25) is 10.1 Å². The molecule has 0 aliphatic heterocycles. The van der Waals surface area contributed by atoms with Gasteiger partial charge in [0.25, 0.3) is 0 Å². The highest BCUT2D eigenvalue weighted by molar-refractivity contribution is 7.98. The fourth-order valence-corrected chi connectivity index (χ4v) is 1.66. The van der Waals surface area contributed by atoms with Gasteiger partial charge in [0.15, 0.2) is 5.16 Å². The van der Waals surface area contributed by atoms with Crippen molar-refractivity contribution in [3.05, 3.63) is 21.0 Å². The zero-order valence-electron chi connectivity index (χ0n) is 7.65. The number of nitrogens with zero attached hydrogens (tertiary/aromatic N) is 3. The summed E-state index contributed by atoms with van der Waals surface area (Å²) in [5.74, 6) is 0. The van der Waals surface area contributed by atoms with E-state index < -0.39 is 4.92 Å². The highest BCUT2D eigenvalue weighted by Crippen LogP contribution is 2.27.